The molecule has 0 radical (unpaired) electrons. The number of benzene rings is 2. The fourth-order valence-electron chi connectivity index (χ4n) is 2.76. The maximum absolute atomic E-state index is 11.9. The third-order valence-corrected chi connectivity index (χ3v) is 4.03. The molecule has 0 aliphatic heterocycles. The van der Waals surface area contributed by atoms with Crippen molar-refractivity contribution in [1.29, 1.82) is 0 Å². The van der Waals surface area contributed by atoms with E-state index in [0.717, 1.165) is 22.1 Å². The van der Waals surface area contributed by atoms with Gasteiger partial charge in [-0.1, -0.05) is 24.3 Å². The zero-order chi connectivity index (χ0) is 18.0. The lowest BCUT2D eigenvalue weighted by Crippen LogP contribution is -2.30. The molecule has 0 atom stereocenters. The lowest BCUT2D eigenvalue weighted by molar-refractivity contribution is 0.0688. The van der Waals surface area contributed by atoms with Crippen molar-refractivity contribution in [3.63, 3.8) is 0 Å². The molecule has 0 spiro atoms. The predicted molar refractivity (Wildman–Crippen MR) is 92.6 cm³/mol. The Hall–Kier alpha value is -3.35. The van der Waals surface area contributed by atoms with Gasteiger partial charge in [0.1, 0.15) is 11.4 Å². The average molecular weight is 340 g/mol. The third kappa shape index (κ3) is 3.45. The van der Waals surface area contributed by atoms with Crippen molar-refractivity contribution in [2.75, 3.05) is 7.11 Å². The minimum absolute atomic E-state index is 0.0536. The van der Waals surface area contributed by atoms with Gasteiger partial charge in [0.05, 0.1) is 7.11 Å². The van der Waals surface area contributed by atoms with Crippen molar-refractivity contribution < 1.29 is 14.6 Å². The zero-order valence-electron chi connectivity index (χ0n) is 13.5. The largest absolute Gasteiger partial charge is 0.497 e. The normalized spacial score (nSPS) is 10.8. The van der Waals surface area contributed by atoms with Crippen molar-refractivity contribution >= 4 is 16.7 Å². The van der Waals surface area contributed by atoms with Crippen LogP contribution in [0.5, 0.6) is 5.75 Å². The number of fused-ring (bicyclic) bond motifs is 1. The van der Waals surface area contributed by atoms with Gasteiger partial charge in [-0.2, -0.15) is 0 Å². The molecule has 7 nitrogen and oxygen atoms in total. The number of aromatic amines is 2. The summed E-state index contributed by atoms with van der Waals surface area (Å²) in [6, 6.07) is 11.6. The summed E-state index contributed by atoms with van der Waals surface area (Å²) in [4.78, 5) is 38.7. The van der Waals surface area contributed by atoms with E-state index in [1.807, 2.05) is 36.4 Å². The molecule has 0 saturated carbocycles. The van der Waals surface area contributed by atoms with Gasteiger partial charge in [-0.15, -0.1) is 0 Å². The number of ether oxygens (including phenoxy) is 1. The van der Waals surface area contributed by atoms with Crippen LogP contribution < -0.4 is 16.0 Å². The Labute approximate surface area is 141 Å². The maximum atomic E-state index is 11.9. The van der Waals surface area contributed by atoms with E-state index in [0.29, 0.717) is 6.42 Å². The van der Waals surface area contributed by atoms with Gasteiger partial charge >= 0.3 is 11.7 Å². The van der Waals surface area contributed by atoms with E-state index >= 15 is 0 Å². The second-order valence-corrected chi connectivity index (χ2v) is 5.61. The fourth-order valence-corrected chi connectivity index (χ4v) is 2.76. The Bertz CT molecular complexity index is 1060. The molecule has 1 aromatic heterocycles. The van der Waals surface area contributed by atoms with Crippen molar-refractivity contribution in [2.45, 2.75) is 12.8 Å². The lowest BCUT2D eigenvalue weighted by Gasteiger charge is -2.07. The summed E-state index contributed by atoms with van der Waals surface area (Å²) in [5.41, 5.74) is -0.871. The van der Waals surface area contributed by atoms with Crippen LogP contribution in [0.1, 0.15) is 21.6 Å². The summed E-state index contributed by atoms with van der Waals surface area (Å²) in [5.74, 6) is -0.587. The number of methoxy groups -OCH3 is 1. The van der Waals surface area contributed by atoms with Crippen LogP contribution in [0.15, 0.2) is 46.0 Å². The molecular weight excluding hydrogens is 324 g/mol. The number of aromatic carboxylic acids is 1. The van der Waals surface area contributed by atoms with Gasteiger partial charge in [0.2, 0.25) is 0 Å². The summed E-state index contributed by atoms with van der Waals surface area (Å²) < 4.78 is 5.22. The van der Waals surface area contributed by atoms with Gasteiger partial charge in [-0.25, -0.2) is 9.59 Å². The first kappa shape index (κ1) is 16.5. The van der Waals surface area contributed by atoms with Crippen molar-refractivity contribution in [1.82, 2.24) is 9.97 Å². The van der Waals surface area contributed by atoms with Gasteiger partial charge in [0.15, 0.2) is 0 Å². The highest BCUT2D eigenvalue weighted by Crippen LogP contribution is 2.22. The number of rotatable bonds is 5. The van der Waals surface area contributed by atoms with E-state index in [1.165, 1.54) is 0 Å². The smallest absolute Gasteiger partial charge is 0.352 e. The number of hydrogen-bond acceptors (Lipinski definition) is 4. The minimum atomic E-state index is -1.33. The summed E-state index contributed by atoms with van der Waals surface area (Å²) in [5, 5.41) is 11.2. The molecular formula is C18H16N2O5. The van der Waals surface area contributed by atoms with Crippen LogP contribution in [0.25, 0.3) is 10.8 Å². The van der Waals surface area contributed by atoms with Gasteiger partial charge < -0.3 is 14.8 Å². The summed E-state index contributed by atoms with van der Waals surface area (Å²) in [7, 11) is 1.60. The lowest BCUT2D eigenvalue weighted by atomic mass is 10.0. The number of hydrogen-bond donors (Lipinski definition) is 3. The van der Waals surface area contributed by atoms with Crippen LogP contribution in [-0.4, -0.2) is 28.2 Å². The summed E-state index contributed by atoms with van der Waals surface area (Å²) >= 11 is 0. The SMILES string of the molecule is COc1ccc2ccc(CCc3c(C(=O)O)[nH]c(=O)[nH]c3=O)cc2c1. The first-order valence-electron chi connectivity index (χ1n) is 7.63. The van der Waals surface area contributed by atoms with Crippen molar-refractivity contribution in [2.24, 2.45) is 0 Å². The van der Waals surface area contributed by atoms with Crippen molar-refractivity contribution in [3.8, 4) is 5.75 Å². The molecule has 2 aromatic carbocycles. The maximum Gasteiger partial charge on any atom is 0.352 e. The summed E-state index contributed by atoms with van der Waals surface area (Å²) in [6.07, 6.45) is 0.659. The van der Waals surface area contributed by atoms with Crippen LogP contribution in [0.2, 0.25) is 0 Å². The van der Waals surface area contributed by atoms with E-state index in [1.54, 1.807) is 7.11 Å². The van der Waals surface area contributed by atoms with Crippen LogP contribution in [0, 0.1) is 0 Å². The minimum Gasteiger partial charge on any atom is -0.497 e. The Morgan fingerprint density at radius 1 is 1.04 bits per heavy atom. The van der Waals surface area contributed by atoms with Gasteiger partial charge in [-0.3, -0.25) is 9.78 Å². The first-order chi connectivity index (χ1) is 12.0. The highest BCUT2D eigenvalue weighted by molar-refractivity contribution is 5.87. The van der Waals surface area contributed by atoms with E-state index in [-0.39, 0.29) is 17.7 Å². The quantitative estimate of drug-likeness (QED) is 0.654. The van der Waals surface area contributed by atoms with Gasteiger partial charge in [-0.05, 0) is 41.3 Å². The molecule has 25 heavy (non-hydrogen) atoms. The number of carboxylic acid groups (broad SMARTS) is 1. The van der Waals surface area contributed by atoms with Crippen LogP contribution in [0.4, 0.5) is 0 Å². The molecule has 3 N–H and O–H groups in total. The van der Waals surface area contributed by atoms with E-state index < -0.39 is 17.2 Å². The molecule has 0 amide bonds. The second-order valence-electron chi connectivity index (χ2n) is 5.61. The zero-order valence-corrected chi connectivity index (χ0v) is 13.5. The molecule has 0 unspecified atom stereocenters. The van der Waals surface area contributed by atoms with Gasteiger partial charge in [0, 0.05) is 5.56 Å². The number of H-pyrrole nitrogens is 2. The predicted octanol–water partition coefficient (Wildman–Crippen LogP) is 1.71. The fraction of sp³-hybridized carbons (Fsp3) is 0.167. The highest BCUT2D eigenvalue weighted by atomic mass is 16.5. The van der Waals surface area contributed by atoms with E-state index in [2.05, 4.69) is 9.97 Å². The molecule has 0 aliphatic carbocycles. The van der Waals surface area contributed by atoms with Crippen LogP contribution >= 0.6 is 0 Å². The van der Waals surface area contributed by atoms with Crippen molar-refractivity contribution in [3.05, 3.63) is 74.1 Å². The summed E-state index contributed by atoms with van der Waals surface area (Å²) in [6.45, 7) is 0. The molecule has 0 bridgehead atoms. The molecule has 3 rings (SSSR count). The third-order valence-electron chi connectivity index (χ3n) is 4.03. The number of aryl methyl sites for hydroxylation is 1. The first-order valence-corrected chi connectivity index (χ1v) is 7.63. The molecule has 0 fully saturated rings. The molecule has 3 aromatic rings. The highest BCUT2D eigenvalue weighted by Gasteiger charge is 2.15. The van der Waals surface area contributed by atoms with E-state index in [9.17, 15) is 19.5 Å². The Morgan fingerprint density at radius 2 is 1.80 bits per heavy atom. The standard InChI is InChI=1S/C18H16N2O5/c1-25-13-6-5-11-4-2-10(8-12(11)9-13)3-7-14-15(17(22)23)19-18(24)20-16(14)21/h2,4-6,8-9H,3,7H2,1H3,(H,22,23)(H2,19,20,21,24). The molecule has 0 aliphatic rings. The average Bonchev–Trinajstić information content (AvgIpc) is 2.59. The Kier molecular flexibility index (Phi) is 4.38. The van der Waals surface area contributed by atoms with E-state index in [4.69, 9.17) is 4.74 Å². The Morgan fingerprint density at radius 3 is 2.52 bits per heavy atom. The number of carbonyl (C=O) groups is 1. The number of carboxylic acids is 1. The Balaban J connectivity index is 1.91. The molecule has 7 heteroatoms. The monoisotopic (exact) mass is 340 g/mol. The number of nitrogens with one attached hydrogen (secondary N) is 2. The number of aromatic nitrogens is 2. The molecule has 0 saturated heterocycles. The van der Waals surface area contributed by atoms with Gasteiger partial charge in [0.25, 0.3) is 5.56 Å². The molecule has 1 heterocycles. The van der Waals surface area contributed by atoms with Crippen LogP contribution in [0.3, 0.4) is 0 Å². The van der Waals surface area contributed by atoms with Crippen LogP contribution in [-0.2, 0) is 12.8 Å². The topological polar surface area (TPSA) is 112 Å². The second kappa shape index (κ2) is 6.64. The molecule has 128 valence electrons.